The number of halogens is 1. The first kappa shape index (κ1) is 21.7. The van der Waals surface area contributed by atoms with Crippen molar-refractivity contribution in [3.8, 4) is 0 Å². The van der Waals surface area contributed by atoms with E-state index < -0.39 is 0 Å². The predicted octanol–water partition coefficient (Wildman–Crippen LogP) is 3.22. The summed E-state index contributed by atoms with van der Waals surface area (Å²) in [7, 11) is 1.81. The number of hydrogen-bond donors (Lipinski definition) is 1. The molecule has 6 heteroatoms. The van der Waals surface area contributed by atoms with Gasteiger partial charge in [-0.25, -0.2) is 0 Å². The van der Waals surface area contributed by atoms with Crippen LogP contribution in [0.5, 0.6) is 0 Å². The zero-order chi connectivity index (χ0) is 17.4. The average Bonchev–Trinajstić information content (AvgIpc) is 2.63. The van der Waals surface area contributed by atoms with Crippen LogP contribution in [-0.2, 0) is 22.5 Å². The summed E-state index contributed by atoms with van der Waals surface area (Å²) in [6.07, 6.45) is 2.68. The molecule has 0 atom stereocenters. The van der Waals surface area contributed by atoms with Gasteiger partial charge in [0.05, 0.1) is 12.5 Å². The summed E-state index contributed by atoms with van der Waals surface area (Å²) in [4.78, 5) is 18.5. The van der Waals surface area contributed by atoms with Crippen LogP contribution in [0.4, 0.5) is 0 Å². The number of carbonyl (C=O) groups excluding carboxylic acids is 1. The number of guanidine groups is 1. The Morgan fingerprint density at radius 1 is 1.24 bits per heavy atom. The van der Waals surface area contributed by atoms with E-state index in [0.29, 0.717) is 6.61 Å². The Balaban J connectivity index is 0.00000312. The van der Waals surface area contributed by atoms with Gasteiger partial charge in [-0.2, -0.15) is 0 Å². The van der Waals surface area contributed by atoms with Crippen LogP contribution in [0.25, 0.3) is 0 Å². The van der Waals surface area contributed by atoms with E-state index in [4.69, 9.17) is 4.74 Å². The van der Waals surface area contributed by atoms with Gasteiger partial charge in [-0.1, -0.05) is 31.2 Å². The molecule has 5 nitrogen and oxygen atoms in total. The first-order chi connectivity index (χ1) is 11.7. The Kier molecular flexibility index (Phi) is 9.85. The number of esters is 1. The molecule has 0 saturated carbocycles. The van der Waals surface area contributed by atoms with Crippen LogP contribution in [0, 0.1) is 5.92 Å². The fourth-order valence-corrected chi connectivity index (χ4v) is 3.17. The van der Waals surface area contributed by atoms with Crippen molar-refractivity contribution in [3.63, 3.8) is 0 Å². The molecule has 0 amide bonds. The fraction of sp³-hybridized carbons (Fsp3) is 0.579. The van der Waals surface area contributed by atoms with Crippen LogP contribution >= 0.6 is 24.0 Å². The van der Waals surface area contributed by atoms with Crippen molar-refractivity contribution < 1.29 is 9.53 Å². The summed E-state index contributed by atoms with van der Waals surface area (Å²) >= 11 is 0. The molecule has 0 unspecified atom stereocenters. The lowest BCUT2D eigenvalue weighted by molar-refractivity contribution is -0.149. The quantitative estimate of drug-likeness (QED) is 0.318. The molecule has 140 valence electrons. The number of nitrogens with zero attached hydrogens (tertiary/aromatic N) is 2. The number of benzene rings is 1. The maximum Gasteiger partial charge on any atom is 0.309 e. The van der Waals surface area contributed by atoms with E-state index in [-0.39, 0.29) is 35.9 Å². The molecule has 1 aliphatic rings. The maximum absolute atomic E-state index is 11.8. The van der Waals surface area contributed by atoms with Crippen LogP contribution in [0.3, 0.4) is 0 Å². The molecule has 1 fully saturated rings. The smallest absolute Gasteiger partial charge is 0.309 e. The van der Waals surface area contributed by atoms with Crippen molar-refractivity contribution >= 4 is 35.9 Å². The molecule has 0 aromatic heterocycles. The molecule has 0 spiro atoms. The molecule has 0 aliphatic carbocycles. The van der Waals surface area contributed by atoms with Gasteiger partial charge in [0.15, 0.2) is 5.96 Å². The molecule has 1 aromatic carbocycles. The maximum atomic E-state index is 11.8. The van der Waals surface area contributed by atoms with Gasteiger partial charge in [0.25, 0.3) is 0 Å². The molecule has 0 radical (unpaired) electrons. The predicted molar refractivity (Wildman–Crippen MR) is 112 cm³/mol. The van der Waals surface area contributed by atoms with Gasteiger partial charge in [-0.15, -0.1) is 24.0 Å². The van der Waals surface area contributed by atoms with E-state index in [0.717, 1.165) is 44.9 Å². The van der Waals surface area contributed by atoms with E-state index in [1.165, 1.54) is 11.1 Å². The van der Waals surface area contributed by atoms with E-state index in [9.17, 15) is 4.79 Å². The molecule has 1 saturated heterocycles. The second-order valence-corrected chi connectivity index (χ2v) is 6.04. The highest BCUT2D eigenvalue weighted by molar-refractivity contribution is 14.0. The van der Waals surface area contributed by atoms with Crippen LogP contribution in [0.1, 0.15) is 37.8 Å². The van der Waals surface area contributed by atoms with Crippen molar-refractivity contribution in [1.29, 1.82) is 0 Å². The van der Waals surface area contributed by atoms with Crippen molar-refractivity contribution in [2.45, 2.75) is 39.7 Å². The summed E-state index contributed by atoms with van der Waals surface area (Å²) in [5, 5.41) is 3.46. The number of carbonyl (C=O) groups is 1. The summed E-state index contributed by atoms with van der Waals surface area (Å²) in [5.74, 6) is 0.875. The molecule has 1 N–H and O–H groups in total. The number of likely N-dealkylation sites (tertiary alicyclic amines) is 1. The topological polar surface area (TPSA) is 53.9 Å². The van der Waals surface area contributed by atoms with Crippen LogP contribution in [-0.4, -0.2) is 43.6 Å². The molecular weight excluding hydrogens is 429 g/mol. The second-order valence-electron chi connectivity index (χ2n) is 6.04. The van der Waals surface area contributed by atoms with E-state index in [2.05, 4.69) is 46.4 Å². The Bertz CT molecular complexity index is 570. The number of piperidine rings is 1. The summed E-state index contributed by atoms with van der Waals surface area (Å²) in [5.41, 5.74) is 2.67. The number of aryl methyl sites for hydroxylation is 1. The second kappa shape index (κ2) is 11.3. The fourth-order valence-electron chi connectivity index (χ4n) is 3.17. The number of hydrogen-bond acceptors (Lipinski definition) is 3. The monoisotopic (exact) mass is 459 g/mol. The number of nitrogens with one attached hydrogen (secondary N) is 1. The minimum absolute atomic E-state index is 0. The molecule has 2 rings (SSSR count). The largest absolute Gasteiger partial charge is 0.466 e. The van der Waals surface area contributed by atoms with Gasteiger partial charge < -0.3 is 15.0 Å². The SMILES string of the molecule is CCOC(=O)C1CCN(C(=NC)NCc2ccccc2CC)CC1.I. The lowest BCUT2D eigenvalue weighted by atomic mass is 9.97. The van der Waals surface area contributed by atoms with Crippen molar-refractivity contribution in [3.05, 3.63) is 35.4 Å². The van der Waals surface area contributed by atoms with Crippen LogP contribution in [0.2, 0.25) is 0 Å². The third kappa shape index (κ3) is 6.17. The summed E-state index contributed by atoms with van der Waals surface area (Å²) < 4.78 is 5.13. The zero-order valence-corrected chi connectivity index (χ0v) is 17.8. The van der Waals surface area contributed by atoms with Gasteiger partial charge in [0, 0.05) is 26.7 Å². The Hall–Kier alpha value is -1.31. The number of aliphatic imine (C=N–C) groups is 1. The molecule has 1 aliphatic heterocycles. The lowest BCUT2D eigenvalue weighted by Gasteiger charge is -2.33. The minimum Gasteiger partial charge on any atom is -0.466 e. The molecular formula is C19H30IN3O2. The lowest BCUT2D eigenvalue weighted by Crippen LogP contribution is -2.46. The minimum atomic E-state index is -0.0584. The van der Waals surface area contributed by atoms with E-state index >= 15 is 0 Å². The zero-order valence-electron chi connectivity index (χ0n) is 15.5. The van der Waals surface area contributed by atoms with Crippen LogP contribution in [0.15, 0.2) is 29.3 Å². The van der Waals surface area contributed by atoms with Gasteiger partial charge in [-0.05, 0) is 37.3 Å². The first-order valence-electron chi connectivity index (χ1n) is 8.88. The Labute approximate surface area is 168 Å². The van der Waals surface area contributed by atoms with Gasteiger partial charge in [0.2, 0.25) is 0 Å². The van der Waals surface area contributed by atoms with Crippen molar-refractivity contribution in [2.75, 3.05) is 26.7 Å². The highest BCUT2D eigenvalue weighted by atomic mass is 127. The molecule has 0 bridgehead atoms. The number of rotatable bonds is 5. The highest BCUT2D eigenvalue weighted by Gasteiger charge is 2.27. The Morgan fingerprint density at radius 2 is 1.88 bits per heavy atom. The van der Waals surface area contributed by atoms with Gasteiger partial charge in [0.1, 0.15) is 0 Å². The molecule has 1 aromatic rings. The third-order valence-electron chi connectivity index (χ3n) is 4.56. The summed E-state index contributed by atoms with van der Waals surface area (Å²) in [6, 6.07) is 8.48. The van der Waals surface area contributed by atoms with Crippen molar-refractivity contribution in [2.24, 2.45) is 10.9 Å². The molecule has 1 heterocycles. The normalized spacial score (nSPS) is 15.5. The standard InChI is InChI=1S/C19H29N3O2.HI/c1-4-15-8-6-7-9-17(15)14-21-19(20-3)22-12-10-16(11-13-22)18(23)24-5-2;/h6-9,16H,4-5,10-14H2,1-3H3,(H,20,21);1H. The van der Waals surface area contributed by atoms with E-state index in [1.807, 2.05) is 14.0 Å². The number of ether oxygens (including phenoxy) is 1. The van der Waals surface area contributed by atoms with Gasteiger partial charge in [-0.3, -0.25) is 9.79 Å². The summed E-state index contributed by atoms with van der Waals surface area (Å²) in [6.45, 7) is 6.92. The first-order valence-corrected chi connectivity index (χ1v) is 8.88. The molecule has 25 heavy (non-hydrogen) atoms. The highest BCUT2D eigenvalue weighted by Crippen LogP contribution is 2.19. The van der Waals surface area contributed by atoms with E-state index in [1.54, 1.807) is 0 Å². The van der Waals surface area contributed by atoms with Crippen molar-refractivity contribution in [1.82, 2.24) is 10.2 Å². The Morgan fingerprint density at radius 3 is 2.44 bits per heavy atom. The van der Waals surface area contributed by atoms with Gasteiger partial charge >= 0.3 is 5.97 Å². The third-order valence-corrected chi connectivity index (χ3v) is 4.56. The van der Waals surface area contributed by atoms with Crippen LogP contribution < -0.4 is 5.32 Å². The average molecular weight is 459 g/mol.